The van der Waals surface area contributed by atoms with E-state index in [0.29, 0.717) is 6.29 Å². The van der Waals surface area contributed by atoms with Crippen LogP contribution < -0.4 is 0 Å². The second-order valence-electron chi connectivity index (χ2n) is 2.32. The highest BCUT2D eigenvalue weighted by molar-refractivity contribution is 5.88. The summed E-state index contributed by atoms with van der Waals surface area (Å²) in [5, 5.41) is 0. The van der Waals surface area contributed by atoms with Gasteiger partial charge in [0, 0.05) is 12.7 Å². The molecule has 1 unspecified atom stereocenters. The van der Waals surface area contributed by atoms with Gasteiger partial charge in [-0.15, -0.1) is 0 Å². The summed E-state index contributed by atoms with van der Waals surface area (Å²) in [6, 6.07) is 0. The zero-order valence-electron chi connectivity index (χ0n) is 7.20. The Bertz CT molecular complexity index is 185. The van der Waals surface area contributed by atoms with Crippen molar-refractivity contribution in [2.45, 2.75) is 13.0 Å². The molecule has 0 aromatic heterocycles. The average Bonchev–Trinajstić information content (AvgIpc) is 2.03. The van der Waals surface area contributed by atoms with E-state index in [1.807, 2.05) is 0 Å². The van der Waals surface area contributed by atoms with E-state index < -0.39 is 12.1 Å². The Morgan fingerprint density at radius 3 is 2.58 bits per heavy atom. The molecule has 0 spiro atoms. The molecule has 0 aromatic rings. The topological polar surface area (TPSA) is 52.6 Å². The summed E-state index contributed by atoms with van der Waals surface area (Å²) >= 11 is 0. The lowest BCUT2D eigenvalue weighted by Crippen LogP contribution is -2.24. The Kier molecular flexibility index (Phi) is 4.96. The van der Waals surface area contributed by atoms with Gasteiger partial charge in [0.2, 0.25) is 0 Å². The van der Waals surface area contributed by atoms with Crippen LogP contribution in [-0.4, -0.2) is 32.1 Å². The molecule has 0 saturated carbocycles. The monoisotopic (exact) mass is 172 g/mol. The number of esters is 1. The Balaban J connectivity index is 3.93. The lowest BCUT2D eigenvalue weighted by Gasteiger charge is -2.10. The molecule has 0 heterocycles. The molecule has 0 aliphatic carbocycles. The van der Waals surface area contributed by atoms with E-state index in [2.05, 4.69) is 16.1 Å². The SMILES string of the molecule is C=C(C)C(=O)OC(C=O)COC. The van der Waals surface area contributed by atoms with Crippen molar-refractivity contribution < 1.29 is 19.1 Å². The Morgan fingerprint density at radius 1 is 1.67 bits per heavy atom. The molecule has 0 aliphatic heterocycles. The first-order valence-corrected chi connectivity index (χ1v) is 3.42. The number of hydrogen-bond donors (Lipinski definition) is 0. The second kappa shape index (κ2) is 5.49. The Labute approximate surface area is 71.2 Å². The molecule has 0 rings (SSSR count). The van der Waals surface area contributed by atoms with Crippen LogP contribution in [0.4, 0.5) is 0 Å². The molecule has 0 saturated heterocycles. The fourth-order valence-electron chi connectivity index (χ4n) is 0.503. The van der Waals surface area contributed by atoms with Crippen molar-refractivity contribution in [3.05, 3.63) is 12.2 Å². The van der Waals surface area contributed by atoms with Crippen LogP contribution in [0.1, 0.15) is 6.92 Å². The third kappa shape index (κ3) is 3.88. The lowest BCUT2D eigenvalue weighted by molar-refractivity contribution is -0.150. The van der Waals surface area contributed by atoms with E-state index in [1.165, 1.54) is 14.0 Å². The summed E-state index contributed by atoms with van der Waals surface area (Å²) in [5.74, 6) is -0.579. The maximum atomic E-state index is 10.9. The third-order valence-corrected chi connectivity index (χ3v) is 1.09. The molecule has 0 aromatic carbocycles. The van der Waals surface area contributed by atoms with Crippen molar-refractivity contribution >= 4 is 12.3 Å². The fraction of sp³-hybridized carbons (Fsp3) is 0.500. The van der Waals surface area contributed by atoms with Gasteiger partial charge in [0.1, 0.15) is 0 Å². The van der Waals surface area contributed by atoms with E-state index in [0.717, 1.165) is 0 Å². The summed E-state index contributed by atoms with van der Waals surface area (Å²) in [7, 11) is 1.42. The number of methoxy groups -OCH3 is 1. The van der Waals surface area contributed by atoms with Crippen molar-refractivity contribution in [3.8, 4) is 0 Å². The van der Waals surface area contributed by atoms with Crippen molar-refractivity contribution in [3.63, 3.8) is 0 Å². The predicted octanol–water partition coefficient (Wildman–Crippen LogP) is 0.320. The van der Waals surface area contributed by atoms with Crippen LogP contribution in [0.3, 0.4) is 0 Å². The van der Waals surface area contributed by atoms with E-state index in [9.17, 15) is 9.59 Å². The molecule has 4 heteroatoms. The maximum absolute atomic E-state index is 10.9. The van der Waals surface area contributed by atoms with Crippen LogP contribution in [0, 0.1) is 0 Å². The minimum Gasteiger partial charge on any atom is -0.449 e. The van der Waals surface area contributed by atoms with Crippen molar-refractivity contribution in [2.24, 2.45) is 0 Å². The predicted molar refractivity (Wildman–Crippen MR) is 42.6 cm³/mol. The average molecular weight is 172 g/mol. The highest BCUT2D eigenvalue weighted by Gasteiger charge is 2.12. The molecule has 1 atom stereocenters. The summed E-state index contributed by atoms with van der Waals surface area (Å²) in [5.41, 5.74) is 0.262. The van der Waals surface area contributed by atoms with E-state index in [1.54, 1.807) is 0 Å². The van der Waals surface area contributed by atoms with Gasteiger partial charge in [-0.05, 0) is 6.92 Å². The molecular weight excluding hydrogens is 160 g/mol. The quantitative estimate of drug-likeness (QED) is 0.340. The van der Waals surface area contributed by atoms with Crippen LogP contribution in [0.5, 0.6) is 0 Å². The van der Waals surface area contributed by atoms with Gasteiger partial charge in [0.05, 0.1) is 6.61 Å². The van der Waals surface area contributed by atoms with Crippen molar-refractivity contribution in [1.82, 2.24) is 0 Å². The van der Waals surface area contributed by atoms with Crippen LogP contribution in [-0.2, 0) is 19.1 Å². The van der Waals surface area contributed by atoms with Gasteiger partial charge in [-0.25, -0.2) is 4.79 Å². The molecule has 4 nitrogen and oxygen atoms in total. The third-order valence-electron chi connectivity index (χ3n) is 1.09. The molecule has 0 radical (unpaired) electrons. The van der Waals surface area contributed by atoms with Crippen molar-refractivity contribution in [2.75, 3.05) is 13.7 Å². The van der Waals surface area contributed by atoms with Gasteiger partial charge in [0.15, 0.2) is 12.4 Å². The first-order chi connectivity index (χ1) is 5.61. The molecular formula is C8H12O4. The molecule has 0 aliphatic rings. The zero-order chi connectivity index (χ0) is 9.56. The second-order valence-corrected chi connectivity index (χ2v) is 2.32. The van der Waals surface area contributed by atoms with Crippen LogP contribution in [0.15, 0.2) is 12.2 Å². The first kappa shape index (κ1) is 10.8. The molecule has 12 heavy (non-hydrogen) atoms. The Hall–Kier alpha value is -1.16. The van der Waals surface area contributed by atoms with E-state index >= 15 is 0 Å². The number of aldehydes is 1. The summed E-state index contributed by atoms with van der Waals surface area (Å²) in [4.78, 5) is 21.1. The smallest absolute Gasteiger partial charge is 0.333 e. The summed E-state index contributed by atoms with van der Waals surface area (Å²) < 4.78 is 9.31. The first-order valence-electron chi connectivity index (χ1n) is 3.42. The van der Waals surface area contributed by atoms with Gasteiger partial charge in [-0.1, -0.05) is 6.58 Å². The summed E-state index contributed by atoms with van der Waals surface area (Å²) in [6.45, 7) is 4.95. The number of carbonyl (C=O) groups is 2. The maximum Gasteiger partial charge on any atom is 0.333 e. The van der Waals surface area contributed by atoms with Gasteiger partial charge < -0.3 is 9.47 Å². The van der Waals surface area contributed by atoms with Gasteiger partial charge >= 0.3 is 5.97 Å². The van der Waals surface area contributed by atoms with Gasteiger partial charge in [0.25, 0.3) is 0 Å². The highest BCUT2D eigenvalue weighted by atomic mass is 16.6. The minimum absolute atomic E-state index is 0.0719. The van der Waals surface area contributed by atoms with Crippen molar-refractivity contribution in [1.29, 1.82) is 0 Å². The van der Waals surface area contributed by atoms with E-state index in [4.69, 9.17) is 0 Å². The van der Waals surface area contributed by atoms with Crippen LogP contribution in [0.25, 0.3) is 0 Å². The molecule has 0 fully saturated rings. The zero-order valence-corrected chi connectivity index (χ0v) is 7.20. The standard InChI is InChI=1S/C8H12O4/c1-6(2)8(10)12-7(4-9)5-11-3/h4,7H,1,5H2,2-3H3. The summed E-state index contributed by atoms with van der Waals surface area (Å²) in [6.07, 6.45) is -0.316. The van der Waals surface area contributed by atoms with Gasteiger partial charge in [-0.2, -0.15) is 0 Å². The van der Waals surface area contributed by atoms with Crippen LogP contribution in [0.2, 0.25) is 0 Å². The Morgan fingerprint density at radius 2 is 2.25 bits per heavy atom. The minimum atomic E-state index is -0.834. The molecule has 68 valence electrons. The largest absolute Gasteiger partial charge is 0.449 e. The van der Waals surface area contributed by atoms with E-state index in [-0.39, 0.29) is 12.2 Å². The van der Waals surface area contributed by atoms with Crippen LogP contribution >= 0.6 is 0 Å². The van der Waals surface area contributed by atoms with Gasteiger partial charge in [-0.3, -0.25) is 4.79 Å². The highest BCUT2D eigenvalue weighted by Crippen LogP contribution is 1.96. The number of hydrogen-bond acceptors (Lipinski definition) is 4. The number of rotatable bonds is 5. The fourth-order valence-corrected chi connectivity index (χ4v) is 0.503. The number of ether oxygens (including phenoxy) is 2. The number of carbonyl (C=O) groups excluding carboxylic acids is 2. The molecule has 0 amide bonds. The normalized spacial score (nSPS) is 11.8. The molecule has 0 bridgehead atoms. The molecule has 0 N–H and O–H groups in total. The lowest BCUT2D eigenvalue weighted by atomic mass is 10.3.